The van der Waals surface area contributed by atoms with E-state index in [1.807, 2.05) is 13.8 Å². The molecule has 1 aromatic rings. The lowest BCUT2D eigenvalue weighted by Crippen LogP contribution is -2.55. The largest absolute Gasteiger partial charge is 0.481 e. The second kappa shape index (κ2) is 11.0. The molecule has 0 radical (unpaired) electrons. The molecule has 0 aliphatic heterocycles. The van der Waals surface area contributed by atoms with Crippen molar-refractivity contribution in [2.75, 3.05) is 0 Å². The Balaban J connectivity index is 2.84. The molecule has 2 amide bonds. The molecule has 28 heavy (non-hydrogen) atoms. The zero-order valence-corrected chi connectivity index (χ0v) is 15.9. The van der Waals surface area contributed by atoms with Gasteiger partial charge in [-0.25, -0.2) is 4.79 Å². The van der Waals surface area contributed by atoms with E-state index in [0.717, 1.165) is 0 Å². The Morgan fingerprint density at radius 2 is 1.54 bits per heavy atom. The molecular weight excluding hydrogens is 366 g/mol. The van der Waals surface area contributed by atoms with Crippen LogP contribution in [0.2, 0.25) is 0 Å². The molecule has 3 unspecified atom stereocenters. The predicted octanol–water partition coefficient (Wildman–Crippen LogP) is 0.131. The lowest BCUT2D eigenvalue weighted by molar-refractivity contribution is -0.143. The van der Waals surface area contributed by atoms with Crippen LogP contribution in [0.3, 0.4) is 0 Å². The van der Waals surface area contributed by atoms with Gasteiger partial charge in [-0.3, -0.25) is 14.4 Å². The second-order valence-corrected chi connectivity index (χ2v) is 6.98. The molecule has 0 aliphatic rings. The fraction of sp³-hybridized carbons (Fsp3) is 0.474. The van der Waals surface area contributed by atoms with Gasteiger partial charge in [0.2, 0.25) is 11.8 Å². The van der Waals surface area contributed by atoms with Crippen LogP contribution in [0.5, 0.6) is 0 Å². The smallest absolute Gasteiger partial charge is 0.326 e. The van der Waals surface area contributed by atoms with Gasteiger partial charge in [0, 0.05) is 6.42 Å². The van der Waals surface area contributed by atoms with Gasteiger partial charge in [-0.2, -0.15) is 0 Å². The van der Waals surface area contributed by atoms with Crippen LogP contribution < -0.4 is 16.4 Å². The lowest BCUT2D eigenvalue weighted by Gasteiger charge is -2.22. The minimum atomic E-state index is -1.43. The molecule has 0 aromatic heterocycles. The summed E-state index contributed by atoms with van der Waals surface area (Å²) >= 11 is 0. The van der Waals surface area contributed by atoms with Crippen molar-refractivity contribution >= 4 is 23.8 Å². The predicted molar refractivity (Wildman–Crippen MR) is 101 cm³/mol. The molecule has 3 atom stereocenters. The second-order valence-electron chi connectivity index (χ2n) is 6.98. The molecule has 0 aliphatic carbocycles. The highest BCUT2D eigenvalue weighted by atomic mass is 16.4. The summed E-state index contributed by atoms with van der Waals surface area (Å²) in [5.41, 5.74) is 6.45. The average Bonchev–Trinajstić information content (AvgIpc) is 2.60. The maximum atomic E-state index is 12.5. The Morgan fingerprint density at radius 1 is 0.964 bits per heavy atom. The van der Waals surface area contributed by atoms with Crippen molar-refractivity contribution in [1.29, 1.82) is 0 Å². The van der Waals surface area contributed by atoms with Crippen LogP contribution in [0.25, 0.3) is 0 Å². The molecule has 9 nitrogen and oxygen atoms in total. The van der Waals surface area contributed by atoms with E-state index >= 15 is 0 Å². The molecule has 154 valence electrons. The Labute approximate surface area is 163 Å². The molecule has 0 spiro atoms. The summed E-state index contributed by atoms with van der Waals surface area (Å²) in [4.78, 5) is 47.2. The van der Waals surface area contributed by atoms with Crippen LogP contribution in [0, 0.1) is 5.92 Å². The number of aliphatic carboxylic acids is 2. The number of benzene rings is 1. The quantitative estimate of drug-likeness (QED) is 0.357. The van der Waals surface area contributed by atoms with Gasteiger partial charge in [-0.1, -0.05) is 44.2 Å². The molecule has 9 heteroatoms. The highest BCUT2D eigenvalue weighted by Crippen LogP contribution is 2.06. The Kier molecular flexibility index (Phi) is 9.10. The molecule has 0 fully saturated rings. The summed E-state index contributed by atoms with van der Waals surface area (Å²) in [5.74, 6) is -4.00. The van der Waals surface area contributed by atoms with E-state index < -0.39 is 48.3 Å². The summed E-state index contributed by atoms with van der Waals surface area (Å²) in [6.45, 7) is 3.74. The van der Waals surface area contributed by atoms with Crippen molar-refractivity contribution in [2.24, 2.45) is 11.7 Å². The number of carbonyl (C=O) groups is 4. The van der Waals surface area contributed by atoms with Gasteiger partial charge in [-0.05, 0) is 17.9 Å². The third-order valence-electron chi connectivity index (χ3n) is 3.97. The summed E-state index contributed by atoms with van der Waals surface area (Å²) in [5, 5.41) is 23.0. The van der Waals surface area contributed by atoms with E-state index in [9.17, 15) is 24.3 Å². The van der Waals surface area contributed by atoms with Crippen LogP contribution in [0.1, 0.15) is 32.3 Å². The molecule has 6 N–H and O–H groups in total. The molecule has 0 heterocycles. The number of rotatable bonds is 11. The Morgan fingerprint density at radius 3 is 2.04 bits per heavy atom. The summed E-state index contributed by atoms with van der Waals surface area (Å²) in [6, 6.07) is 5.07. The van der Waals surface area contributed by atoms with E-state index in [4.69, 9.17) is 10.8 Å². The van der Waals surface area contributed by atoms with Crippen LogP contribution in [-0.4, -0.2) is 52.1 Å². The van der Waals surface area contributed by atoms with Crippen molar-refractivity contribution in [3.8, 4) is 0 Å². The molecular formula is C19H27N3O6. The summed E-state index contributed by atoms with van der Waals surface area (Å²) < 4.78 is 0. The molecule has 0 saturated carbocycles. The topological polar surface area (TPSA) is 159 Å². The van der Waals surface area contributed by atoms with Crippen molar-refractivity contribution in [3.05, 3.63) is 35.9 Å². The Bertz CT molecular complexity index is 692. The zero-order valence-electron chi connectivity index (χ0n) is 15.9. The maximum Gasteiger partial charge on any atom is 0.326 e. The van der Waals surface area contributed by atoms with E-state index in [1.54, 1.807) is 30.3 Å². The number of hydrogen-bond donors (Lipinski definition) is 5. The molecule has 0 saturated heterocycles. The van der Waals surface area contributed by atoms with E-state index in [1.165, 1.54) is 0 Å². The fourth-order valence-electron chi connectivity index (χ4n) is 2.60. The summed E-state index contributed by atoms with van der Waals surface area (Å²) in [6.07, 6.45) is -0.314. The van der Waals surface area contributed by atoms with E-state index in [2.05, 4.69) is 10.6 Å². The first kappa shape index (κ1) is 23.1. The standard InChI is InChI=1S/C19H27N3O6/c1-11(2)8-13(20)17(25)21-14(10-16(23)24)18(26)22-15(19(27)28)9-12-6-4-3-5-7-12/h3-7,11,13-15H,8-10,20H2,1-2H3,(H,21,25)(H,22,26)(H,23,24)(H,27,28). The number of nitrogens with one attached hydrogen (secondary N) is 2. The third-order valence-corrected chi connectivity index (χ3v) is 3.97. The maximum absolute atomic E-state index is 12.5. The van der Waals surface area contributed by atoms with Gasteiger partial charge in [0.05, 0.1) is 12.5 Å². The molecule has 1 rings (SSSR count). The van der Waals surface area contributed by atoms with Gasteiger partial charge in [0.25, 0.3) is 0 Å². The number of amides is 2. The molecule has 1 aromatic carbocycles. The van der Waals surface area contributed by atoms with Crippen molar-refractivity contribution in [2.45, 2.75) is 51.2 Å². The number of hydrogen-bond acceptors (Lipinski definition) is 5. The van der Waals surface area contributed by atoms with Gasteiger partial charge < -0.3 is 26.6 Å². The fourth-order valence-corrected chi connectivity index (χ4v) is 2.60. The lowest BCUT2D eigenvalue weighted by atomic mass is 10.0. The number of carbonyl (C=O) groups excluding carboxylic acids is 2. The first-order valence-corrected chi connectivity index (χ1v) is 8.95. The molecule has 0 bridgehead atoms. The first-order valence-electron chi connectivity index (χ1n) is 8.95. The number of carboxylic acids is 2. The highest BCUT2D eigenvalue weighted by molar-refractivity contribution is 5.93. The third kappa shape index (κ3) is 8.17. The van der Waals surface area contributed by atoms with E-state index in [0.29, 0.717) is 12.0 Å². The number of carboxylic acid groups (broad SMARTS) is 2. The Hall–Kier alpha value is -2.94. The minimum absolute atomic E-state index is 0.0164. The van der Waals surface area contributed by atoms with Crippen LogP contribution >= 0.6 is 0 Å². The first-order chi connectivity index (χ1) is 13.1. The highest BCUT2D eigenvalue weighted by Gasteiger charge is 2.29. The van der Waals surface area contributed by atoms with Crippen molar-refractivity contribution in [1.82, 2.24) is 10.6 Å². The monoisotopic (exact) mass is 393 g/mol. The average molecular weight is 393 g/mol. The van der Waals surface area contributed by atoms with Crippen molar-refractivity contribution in [3.63, 3.8) is 0 Å². The SMILES string of the molecule is CC(C)CC(N)C(=O)NC(CC(=O)O)C(=O)NC(Cc1ccccc1)C(=O)O. The van der Waals surface area contributed by atoms with Gasteiger partial charge in [0.15, 0.2) is 0 Å². The summed E-state index contributed by atoms with van der Waals surface area (Å²) in [7, 11) is 0. The van der Waals surface area contributed by atoms with Gasteiger partial charge in [-0.15, -0.1) is 0 Å². The van der Waals surface area contributed by atoms with Gasteiger partial charge >= 0.3 is 11.9 Å². The number of nitrogens with two attached hydrogens (primary N) is 1. The van der Waals surface area contributed by atoms with E-state index in [-0.39, 0.29) is 12.3 Å². The van der Waals surface area contributed by atoms with Crippen molar-refractivity contribution < 1.29 is 29.4 Å². The van der Waals surface area contributed by atoms with Crippen LogP contribution in [0.4, 0.5) is 0 Å². The van der Waals surface area contributed by atoms with Gasteiger partial charge in [0.1, 0.15) is 12.1 Å². The normalized spacial score (nSPS) is 14.0. The minimum Gasteiger partial charge on any atom is -0.481 e. The van der Waals surface area contributed by atoms with Crippen LogP contribution in [0.15, 0.2) is 30.3 Å². The van der Waals surface area contributed by atoms with Crippen LogP contribution in [-0.2, 0) is 25.6 Å². The zero-order chi connectivity index (χ0) is 21.3.